The third-order valence-corrected chi connectivity index (χ3v) is 5.81. The lowest BCUT2D eigenvalue weighted by Crippen LogP contribution is -2.47. The number of halogens is 1. The van der Waals surface area contributed by atoms with Crippen molar-refractivity contribution in [2.45, 2.75) is 59.2 Å². The van der Waals surface area contributed by atoms with Gasteiger partial charge in [-0.3, -0.25) is 4.79 Å². The molecule has 2 N–H and O–H groups in total. The average molecular weight is 473 g/mol. The standard InChI is InChI=1S/C25H29ClN2O5/c1-13-14(2)27-22-19(13)20(16-8-10-17(26)11-9-16)21(15(3)28-22)25(12-18(29)30,23(31)32-7)33-24(4,5)6/h8-11H,12H2,1-7H3,(H,27,28)(H,29,30)/t25-/m0/s1. The Morgan fingerprint density at radius 2 is 1.73 bits per heavy atom. The van der Waals surface area contributed by atoms with Crippen LogP contribution in [0.15, 0.2) is 24.3 Å². The molecule has 0 aliphatic carbocycles. The van der Waals surface area contributed by atoms with Crippen LogP contribution in [0.4, 0.5) is 0 Å². The van der Waals surface area contributed by atoms with Gasteiger partial charge in [0.1, 0.15) is 5.65 Å². The summed E-state index contributed by atoms with van der Waals surface area (Å²) in [5.41, 5.74) is 1.93. The van der Waals surface area contributed by atoms with Gasteiger partial charge >= 0.3 is 11.9 Å². The van der Waals surface area contributed by atoms with Crippen LogP contribution in [0.1, 0.15) is 49.7 Å². The highest BCUT2D eigenvalue weighted by Crippen LogP contribution is 2.46. The van der Waals surface area contributed by atoms with Crippen LogP contribution in [0.25, 0.3) is 22.2 Å². The highest BCUT2D eigenvalue weighted by Gasteiger charge is 2.51. The number of ether oxygens (including phenoxy) is 2. The number of benzene rings is 1. The molecule has 3 rings (SSSR count). The Balaban J connectivity index is 2.58. The minimum atomic E-state index is -1.93. The second-order valence-electron chi connectivity index (χ2n) is 9.16. The van der Waals surface area contributed by atoms with Crippen molar-refractivity contribution in [3.63, 3.8) is 0 Å². The third kappa shape index (κ3) is 4.61. The molecule has 0 aliphatic rings. The van der Waals surface area contributed by atoms with E-state index >= 15 is 0 Å². The molecule has 8 heteroatoms. The first-order valence-electron chi connectivity index (χ1n) is 10.6. The molecular formula is C25H29ClN2O5. The molecule has 0 radical (unpaired) electrons. The van der Waals surface area contributed by atoms with Crippen molar-refractivity contribution in [3.8, 4) is 11.1 Å². The SMILES string of the molecule is COC(=O)[C@@](CC(=O)O)(OC(C)(C)C)c1c(C)nc2[nH]c(C)c(C)c2c1-c1ccc(Cl)cc1. The number of carbonyl (C=O) groups excluding carboxylic acids is 1. The zero-order valence-electron chi connectivity index (χ0n) is 19.9. The molecule has 2 heterocycles. The zero-order chi connectivity index (χ0) is 24.7. The lowest BCUT2D eigenvalue weighted by Gasteiger charge is -2.38. The molecule has 176 valence electrons. The van der Waals surface area contributed by atoms with Crippen molar-refractivity contribution < 1.29 is 24.2 Å². The lowest BCUT2D eigenvalue weighted by molar-refractivity contribution is -0.196. The van der Waals surface area contributed by atoms with Crippen molar-refractivity contribution in [2.24, 2.45) is 0 Å². The summed E-state index contributed by atoms with van der Waals surface area (Å²) in [4.78, 5) is 33.5. The Morgan fingerprint density at radius 1 is 1.12 bits per heavy atom. The quantitative estimate of drug-likeness (QED) is 0.461. The van der Waals surface area contributed by atoms with Gasteiger partial charge in [0.2, 0.25) is 5.60 Å². The second kappa shape index (κ2) is 8.80. The number of nitrogens with one attached hydrogen (secondary N) is 1. The summed E-state index contributed by atoms with van der Waals surface area (Å²) in [5, 5.41) is 11.2. The molecule has 0 aliphatic heterocycles. The van der Waals surface area contributed by atoms with E-state index in [1.807, 2.05) is 26.0 Å². The molecule has 3 aromatic rings. The van der Waals surface area contributed by atoms with Crippen LogP contribution in [-0.2, 0) is 24.7 Å². The van der Waals surface area contributed by atoms with Gasteiger partial charge in [0, 0.05) is 32.9 Å². The number of pyridine rings is 1. The number of carbonyl (C=O) groups is 2. The van der Waals surface area contributed by atoms with Gasteiger partial charge in [-0.1, -0.05) is 23.7 Å². The lowest BCUT2D eigenvalue weighted by atomic mass is 9.81. The predicted molar refractivity (Wildman–Crippen MR) is 128 cm³/mol. The fraction of sp³-hybridized carbons (Fsp3) is 0.400. The van der Waals surface area contributed by atoms with Crippen LogP contribution >= 0.6 is 11.6 Å². The molecule has 7 nitrogen and oxygen atoms in total. The minimum absolute atomic E-state index is 0.364. The summed E-state index contributed by atoms with van der Waals surface area (Å²) < 4.78 is 11.5. The first-order valence-corrected chi connectivity index (χ1v) is 10.9. The molecule has 1 atom stereocenters. The van der Waals surface area contributed by atoms with E-state index in [1.54, 1.807) is 39.8 Å². The highest BCUT2D eigenvalue weighted by atomic mass is 35.5. The molecule has 0 fully saturated rings. The Labute approximate surface area is 198 Å². The van der Waals surface area contributed by atoms with Crippen molar-refractivity contribution in [1.82, 2.24) is 9.97 Å². The number of aliphatic carboxylic acids is 1. The first-order chi connectivity index (χ1) is 15.3. The van der Waals surface area contributed by atoms with Crippen LogP contribution < -0.4 is 0 Å². The van der Waals surface area contributed by atoms with Gasteiger partial charge in [-0.15, -0.1) is 0 Å². The van der Waals surface area contributed by atoms with Gasteiger partial charge in [0.25, 0.3) is 0 Å². The van der Waals surface area contributed by atoms with Crippen molar-refractivity contribution in [2.75, 3.05) is 7.11 Å². The van der Waals surface area contributed by atoms with Crippen LogP contribution in [0, 0.1) is 20.8 Å². The summed E-state index contributed by atoms with van der Waals surface area (Å²) >= 11 is 6.15. The predicted octanol–water partition coefficient (Wildman–Crippen LogP) is 5.47. The number of rotatable bonds is 6. The van der Waals surface area contributed by atoms with E-state index in [9.17, 15) is 14.7 Å². The summed E-state index contributed by atoms with van der Waals surface area (Å²) in [6.45, 7) is 10.9. The van der Waals surface area contributed by atoms with Crippen LogP contribution in [0.3, 0.4) is 0 Å². The van der Waals surface area contributed by atoms with E-state index in [2.05, 4.69) is 4.98 Å². The van der Waals surface area contributed by atoms with Gasteiger partial charge in [-0.25, -0.2) is 9.78 Å². The molecule has 0 saturated heterocycles. The van der Waals surface area contributed by atoms with Crippen LogP contribution in [0.5, 0.6) is 0 Å². The van der Waals surface area contributed by atoms with Crippen molar-refractivity contribution in [1.29, 1.82) is 0 Å². The number of nitrogens with zero attached hydrogens (tertiary/aromatic N) is 1. The van der Waals surface area contributed by atoms with Gasteiger partial charge in [-0.05, 0) is 64.8 Å². The summed E-state index contributed by atoms with van der Waals surface area (Å²) in [6.07, 6.45) is -0.631. The fourth-order valence-electron chi connectivity index (χ4n) is 4.31. The van der Waals surface area contributed by atoms with Gasteiger partial charge in [-0.2, -0.15) is 0 Å². The number of fused-ring (bicyclic) bond motifs is 1. The third-order valence-electron chi connectivity index (χ3n) is 5.55. The van der Waals surface area contributed by atoms with Gasteiger partial charge in [0.15, 0.2) is 0 Å². The molecule has 1 aromatic carbocycles. The van der Waals surface area contributed by atoms with Crippen LogP contribution in [0.2, 0.25) is 5.02 Å². The highest BCUT2D eigenvalue weighted by molar-refractivity contribution is 6.30. The van der Waals surface area contributed by atoms with E-state index in [4.69, 9.17) is 26.1 Å². The minimum Gasteiger partial charge on any atom is -0.481 e. The average Bonchev–Trinajstić information content (AvgIpc) is 2.98. The van der Waals surface area contributed by atoms with E-state index in [0.717, 1.165) is 22.2 Å². The second-order valence-corrected chi connectivity index (χ2v) is 9.59. The molecule has 0 spiro atoms. The maximum atomic E-state index is 13.4. The molecule has 33 heavy (non-hydrogen) atoms. The number of hydrogen-bond acceptors (Lipinski definition) is 5. The number of methoxy groups -OCH3 is 1. The Kier molecular flexibility index (Phi) is 6.60. The topological polar surface area (TPSA) is 102 Å². The van der Waals surface area contributed by atoms with E-state index in [0.29, 0.717) is 27.5 Å². The molecule has 0 unspecified atom stereocenters. The number of esters is 1. The van der Waals surface area contributed by atoms with Crippen molar-refractivity contribution >= 4 is 34.6 Å². The largest absolute Gasteiger partial charge is 0.481 e. The normalized spacial score (nSPS) is 13.7. The maximum Gasteiger partial charge on any atom is 0.343 e. The molecular weight excluding hydrogens is 444 g/mol. The number of aromatic amines is 1. The Hall–Kier alpha value is -2.90. The van der Waals surface area contributed by atoms with E-state index in [-0.39, 0.29) is 0 Å². The molecule has 0 bridgehead atoms. The molecule has 0 amide bonds. The smallest absolute Gasteiger partial charge is 0.343 e. The van der Waals surface area contributed by atoms with E-state index in [1.165, 1.54) is 7.11 Å². The maximum absolute atomic E-state index is 13.4. The first kappa shape index (κ1) is 24.7. The van der Waals surface area contributed by atoms with Gasteiger partial charge in [0.05, 0.1) is 19.1 Å². The van der Waals surface area contributed by atoms with E-state index < -0.39 is 29.6 Å². The van der Waals surface area contributed by atoms with Crippen LogP contribution in [-0.4, -0.2) is 39.7 Å². The fourth-order valence-corrected chi connectivity index (χ4v) is 4.44. The summed E-state index contributed by atoms with van der Waals surface area (Å²) in [5.74, 6) is -2.00. The summed E-state index contributed by atoms with van der Waals surface area (Å²) in [7, 11) is 1.22. The Morgan fingerprint density at radius 3 is 2.24 bits per heavy atom. The number of carboxylic acids is 1. The molecule has 2 aromatic heterocycles. The number of aryl methyl sites for hydroxylation is 3. The summed E-state index contributed by atoms with van der Waals surface area (Å²) in [6, 6.07) is 7.17. The van der Waals surface area contributed by atoms with Gasteiger partial charge < -0.3 is 19.6 Å². The zero-order valence-corrected chi connectivity index (χ0v) is 20.7. The monoisotopic (exact) mass is 472 g/mol. The number of aromatic nitrogens is 2. The molecule has 0 saturated carbocycles. The number of hydrogen-bond donors (Lipinski definition) is 2. The number of H-pyrrole nitrogens is 1. The number of carboxylic acid groups (broad SMARTS) is 1. The Bertz CT molecular complexity index is 1220. The van der Waals surface area contributed by atoms with Crippen molar-refractivity contribution in [3.05, 3.63) is 51.8 Å².